The van der Waals surface area contributed by atoms with Crippen LogP contribution in [0, 0.1) is 6.92 Å². The predicted molar refractivity (Wildman–Crippen MR) is 96.8 cm³/mol. The van der Waals surface area contributed by atoms with Crippen LogP contribution in [0.1, 0.15) is 30.0 Å². The van der Waals surface area contributed by atoms with E-state index in [2.05, 4.69) is 60.9 Å². The summed E-state index contributed by atoms with van der Waals surface area (Å²) >= 11 is 0. The molecule has 2 aromatic rings. The third-order valence-electron chi connectivity index (χ3n) is 3.76. The second-order valence-electron chi connectivity index (χ2n) is 5.77. The fraction of sp³-hybridized carbons (Fsp3) is 0.400. The Morgan fingerprint density at radius 3 is 2.43 bits per heavy atom. The molecule has 0 fully saturated rings. The molecule has 0 saturated heterocycles. The van der Waals surface area contributed by atoms with Gasteiger partial charge < -0.3 is 15.4 Å². The SMILES string of the molecule is CCNCCCNCc1ccccc1OCc1ccc(C)cc1. The Bertz CT molecular complexity index is 566. The fourth-order valence-corrected chi connectivity index (χ4v) is 2.37. The lowest BCUT2D eigenvalue weighted by atomic mass is 10.1. The van der Waals surface area contributed by atoms with Crippen molar-refractivity contribution in [3.05, 3.63) is 65.2 Å². The molecule has 0 saturated carbocycles. The van der Waals surface area contributed by atoms with Gasteiger partial charge in [0.2, 0.25) is 0 Å². The van der Waals surface area contributed by atoms with Crippen LogP contribution in [0.2, 0.25) is 0 Å². The van der Waals surface area contributed by atoms with Gasteiger partial charge in [0.25, 0.3) is 0 Å². The van der Waals surface area contributed by atoms with E-state index in [4.69, 9.17) is 4.74 Å². The standard InChI is InChI=1S/C20H28N2O/c1-3-21-13-6-14-22-15-19-7-4-5-8-20(19)23-16-18-11-9-17(2)10-12-18/h4-5,7-12,21-22H,3,6,13-16H2,1-2H3. The van der Waals surface area contributed by atoms with E-state index in [0.717, 1.165) is 38.3 Å². The summed E-state index contributed by atoms with van der Waals surface area (Å²) in [5.74, 6) is 0.965. The van der Waals surface area contributed by atoms with Gasteiger partial charge in [-0.05, 0) is 44.6 Å². The first kappa shape index (κ1) is 17.5. The van der Waals surface area contributed by atoms with Crippen LogP contribution in [0.15, 0.2) is 48.5 Å². The Labute approximate surface area is 140 Å². The Balaban J connectivity index is 1.81. The van der Waals surface area contributed by atoms with Crippen molar-refractivity contribution in [2.24, 2.45) is 0 Å². The van der Waals surface area contributed by atoms with E-state index >= 15 is 0 Å². The summed E-state index contributed by atoms with van der Waals surface area (Å²) < 4.78 is 6.01. The van der Waals surface area contributed by atoms with Crippen molar-refractivity contribution in [2.45, 2.75) is 33.4 Å². The van der Waals surface area contributed by atoms with Gasteiger partial charge in [-0.3, -0.25) is 0 Å². The third-order valence-corrected chi connectivity index (χ3v) is 3.76. The summed E-state index contributed by atoms with van der Waals surface area (Å²) in [6.45, 7) is 8.80. The average Bonchev–Trinajstić information content (AvgIpc) is 2.58. The summed E-state index contributed by atoms with van der Waals surface area (Å²) in [5.41, 5.74) is 3.68. The molecule has 0 aromatic heterocycles. The lowest BCUT2D eigenvalue weighted by molar-refractivity contribution is 0.302. The quantitative estimate of drug-likeness (QED) is 0.657. The lowest BCUT2D eigenvalue weighted by Crippen LogP contribution is -2.21. The summed E-state index contributed by atoms with van der Waals surface area (Å²) in [5, 5.41) is 6.82. The van der Waals surface area contributed by atoms with E-state index in [9.17, 15) is 0 Å². The van der Waals surface area contributed by atoms with Crippen LogP contribution in [0.5, 0.6) is 5.75 Å². The summed E-state index contributed by atoms with van der Waals surface area (Å²) in [6.07, 6.45) is 1.14. The number of ether oxygens (including phenoxy) is 1. The van der Waals surface area contributed by atoms with Gasteiger partial charge in [0.1, 0.15) is 12.4 Å². The van der Waals surface area contributed by atoms with Crippen molar-refractivity contribution >= 4 is 0 Å². The van der Waals surface area contributed by atoms with Crippen LogP contribution in [0.3, 0.4) is 0 Å². The molecule has 0 bridgehead atoms. The highest BCUT2D eigenvalue weighted by Gasteiger charge is 2.03. The van der Waals surface area contributed by atoms with Crippen LogP contribution >= 0.6 is 0 Å². The average molecular weight is 312 g/mol. The van der Waals surface area contributed by atoms with Gasteiger partial charge in [-0.25, -0.2) is 0 Å². The molecule has 0 amide bonds. The molecule has 124 valence electrons. The van der Waals surface area contributed by atoms with Gasteiger partial charge in [-0.15, -0.1) is 0 Å². The van der Waals surface area contributed by atoms with Crippen molar-refractivity contribution in [3.63, 3.8) is 0 Å². The molecule has 2 aromatic carbocycles. The Morgan fingerprint density at radius 1 is 0.913 bits per heavy atom. The van der Waals surface area contributed by atoms with Gasteiger partial charge in [-0.2, -0.15) is 0 Å². The molecule has 0 aliphatic heterocycles. The molecule has 3 nitrogen and oxygen atoms in total. The Kier molecular flexibility index (Phi) is 7.64. The Morgan fingerprint density at radius 2 is 1.65 bits per heavy atom. The molecule has 3 heteroatoms. The number of rotatable bonds is 10. The molecular formula is C20H28N2O. The fourth-order valence-electron chi connectivity index (χ4n) is 2.37. The zero-order chi connectivity index (χ0) is 16.3. The molecule has 0 atom stereocenters. The number of para-hydroxylation sites is 1. The van der Waals surface area contributed by atoms with E-state index in [1.165, 1.54) is 16.7 Å². The first-order chi connectivity index (χ1) is 11.3. The highest BCUT2D eigenvalue weighted by molar-refractivity contribution is 5.33. The molecule has 0 radical (unpaired) electrons. The smallest absolute Gasteiger partial charge is 0.124 e. The minimum Gasteiger partial charge on any atom is -0.489 e. The van der Waals surface area contributed by atoms with Crippen LogP contribution in [0.4, 0.5) is 0 Å². The largest absolute Gasteiger partial charge is 0.489 e. The van der Waals surface area contributed by atoms with E-state index in [-0.39, 0.29) is 0 Å². The van der Waals surface area contributed by atoms with Crippen molar-refractivity contribution < 1.29 is 4.74 Å². The second-order valence-corrected chi connectivity index (χ2v) is 5.77. The molecule has 0 unspecified atom stereocenters. The lowest BCUT2D eigenvalue weighted by Gasteiger charge is -2.12. The monoisotopic (exact) mass is 312 g/mol. The summed E-state index contributed by atoms with van der Waals surface area (Å²) in [7, 11) is 0. The van der Waals surface area contributed by atoms with Gasteiger partial charge in [0.05, 0.1) is 0 Å². The molecule has 23 heavy (non-hydrogen) atoms. The zero-order valence-corrected chi connectivity index (χ0v) is 14.3. The Hall–Kier alpha value is -1.84. The second kappa shape index (κ2) is 10.0. The number of hydrogen-bond donors (Lipinski definition) is 2. The maximum atomic E-state index is 6.01. The van der Waals surface area contributed by atoms with Gasteiger partial charge in [0.15, 0.2) is 0 Å². The van der Waals surface area contributed by atoms with Crippen molar-refractivity contribution in [1.29, 1.82) is 0 Å². The van der Waals surface area contributed by atoms with E-state index in [1.54, 1.807) is 0 Å². The van der Waals surface area contributed by atoms with Crippen molar-refractivity contribution in [1.82, 2.24) is 10.6 Å². The molecule has 0 heterocycles. The highest BCUT2D eigenvalue weighted by atomic mass is 16.5. The van der Waals surface area contributed by atoms with Crippen LogP contribution in [0.25, 0.3) is 0 Å². The van der Waals surface area contributed by atoms with E-state index in [0.29, 0.717) is 6.61 Å². The number of nitrogens with one attached hydrogen (secondary N) is 2. The molecule has 0 spiro atoms. The van der Waals surface area contributed by atoms with Crippen molar-refractivity contribution in [3.8, 4) is 5.75 Å². The third kappa shape index (κ3) is 6.43. The molecular weight excluding hydrogens is 284 g/mol. The van der Waals surface area contributed by atoms with Gasteiger partial charge in [0, 0.05) is 12.1 Å². The molecule has 2 rings (SSSR count). The zero-order valence-electron chi connectivity index (χ0n) is 14.3. The predicted octanol–water partition coefficient (Wildman–Crippen LogP) is 3.66. The van der Waals surface area contributed by atoms with E-state index < -0.39 is 0 Å². The number of hydrogen-bond acceptors (Lipinski definition) is 3. The summed E-state index contributed by atoms with van der Waals surface area (Å²) in [4.78, 5) is 0. The first-order valence-electron chi connectivity index (χ1n) is 8.47. The molecule has 2 N–H and O–H groups in total. The molecule has 0 aliphatic rings. The van der Waals surface area contributed by atoms with Crippen LogP contribution in [-0.2, 0) is 13.2 Å². The normalized spacial score (nSPS) is 10.7. The van der Waals surface area contributed by atoms with Crippen LogP contribution in [-0.4, -0.2) is 19.6 Å². The summed E-state index contributed by atoms with van der Waals surface area (Å²) in [6, 6.07) is 16.7. The highest BCUT2D eigenvalue weighted by Crippen LogP contribution is 2.19. The first-order valence-corrected chi connectivity index (χ1v) is 8.47. The van der Waals surface area contributed by atoms with Gasteiger partial charge in [-0.1, -0.05) is 55.0 Å². The maximum Gasteiger partial charge on any atom is 0.124 e. The minimum atomic E-state index is 0.609. The number of benzene rings is 2. The maximum absolute atomic E-state index is 6.01. The molecule has 0 aliphatic carbocycles. The van der Waals surface area contributed by atoms with Crippen LogP contribution < -0.4 is 15.4 Å². The van der Waals surface area contributed by atoms with Gasteiger partial charge >= 0.3 is 0 Å². The van der Waals surface area contributed by atoms with Crippen molar-refractivity contribution in [2.75, 3.05) is 19.6 Å². The minimum absolute atomic E-state index is 0.609. The van der Waals surface area contributed by atoms with E-state index in [1.807, 2.05) is 12.1 Å². The topological polar surface area (TPSA) is 33.3 Å². The number of aryl methyl sites for hydroxylation is 1.